The van der Waals surface area contributed by atoms with E-state index in [1.165, 1.54) is 6.07 Å². The molecular weight excluding hydrogens is 364 g/mol. The molecule has 3 rings (SSSR count). The number of thiophene rings is 1. The van der Waals surface area contributed by atoms with Gasteiger partial charge in [0.2, 0.25) is 0 Å². The minimum atomic E-state index is -3.60. The Bertz CT molecular complexity index is 710. The van der Waals surface area contributed by atoms with Gasteiger partial charge in [-0.3, -0.25) is 4.72 Å². The van der Waals surface area contributed by atoms with E-state index < -0.39 is 10.0 Å². The summed E-state index contributed by atoms with van der Waals surface area (Å²) >= 11 is 4.38. The molecule has 0 atom stereocenters. The normalized spacial score (nSPS) is 15.1. The number of rotatable bonds is 5. The molecule has 9 heteroatoms. The molecule has 0 spiro atoms. The van der Waals surface area contributed by atoms with Gasteiger partial charge in [0, 0.05) is 6.04 Å². The summed E-state index contributed by atoms with van der Waals surface area (Å²) in [5.41, 5.74) is 0. The summed E-state index contributed by atoms with van der Waals surface area (Å²) in [6.45, 7) is 0. The van der Waals surface area contributed by atoms with Crippen LogP contribution in [-0.4, -0.2) is 24.7 Å². The highest BCUT2D eigenvalue weighted by atomic mass is 79.9. The van der Waals surface area contributed by atoms with E-state index >= 15 is 0 Å². The number of aromatic nitrogens is 2. The van der Waals surface area contributed by atoms with E-state index in [9.17, 15) is 8.42 Å². The summed E-state index contributed by atoms with van der Waals surface area (Å²) in [6.07, 6.45) is 2.28. The fourth-order valence-corrected chi connectivity index (χ4v) is 4.54. The fourth-order valence-electron chi connectivity index (χ4n) is 1.53. The van der Waals surface area contributed by atoms with Gasteiger partial charge in [-0.05, 0) is 53.0 Å². The van der Waals surface area contributed by atoms with Crippen molar-refractivity contribution in [2.24, 2.45) is 0 Å². The van der Waals surface area contributed by atoms with E-state index in [1.54, 1.807) is 18.2 Å². The zero-order valence-corrected chi connectivity index (χ0v) is 13.4. The summed E-state index contributed by atoms with van der Waals surface area (Å²) < 4.78 is 27.6. The first-order valence-corrected chi connectivity index (χ1v) is 9.01. The minimum absolute atomic E-state index is 0.205. The van der Waals surface area contributed by atoms with Gasteiger partial charge in [0.1, 0.15) is 10.0 Å². The van der Waals surface area contributed by atoms with Gasteiger partial charge in [0.25, 0.3) is 10.0 Å². The van der Waals surface area contributed by atoms with Crippen molar-refractivity contribution in [1.29, 1.82) is 0 Å². The molecule has 0 aromatic carbocycles. The van der Waals surface area contributed by atoms with Crippen LogP contribution in [0.15, 0.2) is 32.3 Å². The maximum Gasteiger partial charge on any atom is 0.272 e. The summed E-state index contributed by atoms with van der Waals surface area (Å²) in [6, 6.07) is 7.02. The molecule has 20 heavy (non-hydrogen) atoms. The molecule has 0 aliphatic heterocycles. The average molecular weight is 375 g/mol. The molecule has 6 nitrogen and oxygen atoms in total. The maximum absolute atomic E-state index is 12.1. The van der Waals surface area contributed by atoms with Crippen LogP contribution in [0.2, 0.25) is 0 Å². The van der Waals surface area contributed by atoms with Crippen LogP contribution in [0.3, 0.4) is 0 Å². The second-order valence-corrected chi connectivity index (χ2v) is 8.76. The molecule has 0 bridgehead atoms. The number of anilines is 2. The standard InChI is InChI=1S/C11H11BrN4O2S2/c12-8-3-6-11(19-8)20(17,18)16-10-5-4-9(14-15-10)13-7-1-2-7/h3-7H,1-2H2,(H,13,14)(H,15,16). The highest BCUT2D eigenvalue weighted by molar-refractivity contribution is 9.11. The molecule has 2 N–H and O–H groups in total. The largest absolute Gasteiger partial charge is 0.366 e. The van der Waals surface area contributed by atoms with E-state index in [2.05, 4.69) is 36.2 Å². The van der Waals surface area contributed by atoms with Crippen LogP contribution < -0.4 is 10.0 Å². The highest BCUT2D eigenvalue weighted by Crippen LogP contribution is 2.27. The van der Waals surface area contributed by atoms with Gasteiger partial charge in [-0.25, -0.2) is 8.42 Å². The van der Waals surface area contributed by atoms with E-state index in [1.807, 2.05) is 0 Å². The first-order chi connectivity index (χ1) is 9.53. The van der Waals surface area contributed by atoms with E-state index in [0.29, 0.717) is 11.9 Å². The number of nitrogens with zero attached hydrogens (tertiary/aromatic N) is 2. The van der Waals surface area contributed by atoms with Crippen LogP contribution in [0.25, 0.3) is 0 Å². The third-order valence-electron chi connectivity index (χ3n) is 2.65. The minimum Gasteiger partial charge on any atom is -0.366 e. The second-order valence-electron chi connectivity index (χ2n) is 4.39. The predicted molar refractivity (Wildman–Crippen MR) is 81.5 cm³/mol. The Kier molecular flexibility index (Phi) is 3.65. The van der Waals surface area contributed by atoms with Gasteiger partial charge in [0.15, 0.2) is 5.82 Å². The first kappa shape index (κ1) is 13.8. The maximum atomic E-state index is 12.1. The average Bonchev–Trinajstić information content (AvgIpc) is 3.10. The molecule has 0 unspecified atom stereocenters. The quantitative estimate of drug-likeness (QED) is 0.840. The number of halogens is 1. The third-order valence-corrected chi connectivity index (χ3v) is 6.12. The van der Waals surface area contributed by atoms with Crippen molar-refractivity contribution in [3.05, 3.63) is 28.1 Å². The highest BCUT2D eigenvalue weighted by Gasteiger charge is 2.21. The Balaban J connectivity index is 1.73. The lowest BCUT2D eigenvalue weighted by atomic mass is 10.5. The van der Waals surface area contributed by atoms with E-state index in [4.69, 9.17) is 0 Å². The molecule has 2 heterocycles. The molecular formula is C11H11BrN4O2S2. The number of hydrogen-bond donors (Lipinski definition) is 2. The lowest BCUT2D eigenvalue weighted by Gasteiger charge is -2.06. The molecule has 1 saturated carbocycles. The van der Waals surface area contributed by atoms with Crippen molar-refractivity contribution < 1.29 is 8.42 Å². The van der Waals surface area contributed by atoms with Crippen molar-refractivity contribution in [2.45, 2.75) is 23.1 Å². The van der Waals surface area contributed by atoms with Gasteiger partial charge in [-0.2, -0.15) is 0 Å². The van der Waals surface area contributed by atoms with Crippen LogP contribution in [0.4, 0.5) is 11.6 Å². The lowest BCUT2D eigenvalue weighted by Crippen LogP contribution is -2.13. The Morgan fingerprint density at radius 3 is 2.40 bits per heavy atom. The predicted octanol–water partition coefficient (Wildman–Crippen LogP) is 2.68. The Morgan fingerprint density at radius 2 is 1.85 bits per heavy atom. The van der Waals surface area contributed by atoms with Crippen LogP contribution in [0, 0.1) is 0 Å². The summed E-state index contributed by atoms with van der Waals surface area (Å²) in [5.74, 6) is 0.866. The molecule has 0 amide bonds. The number of sulfonamides is 1. The first-order valence-electron chi connectivity index (χ1n) is 5.91. The van der Waals surface area contributed by atoms with Gasteiger partial charge in [-0.15, -0.1) is 21.5 Å². The topological polar surface area (TPSA) is 84.0 Å². The fraction of sp³-hybridized carbons (Fsp3) is 0.273. The second kappa shape index (κ2) is 5.30. The molecule has 1 aliphatic carbocycles. The van der Waals surface area contributed by atoms with Crippen molar-refractivity contribution in [1.82, 2.24) is 10.2 Å². The molecule has 106 valence electrons. The monoisotopic (exact) mass is 374 g/mol. The van der Waals surface area contributed by atoms with Gasteiger partial charge in [-0.1, -0.05) is 0 Å². The van der Waals surface area contributed by atoms with Gasteiger partial charge in [0.05, 0.1) is 3.79 Å². The van der Waals surface area contributed by atoms with Crippen LogP contribution >= 0.6 is 27.3 Å². The van der Waals surface area contributed by atoms with E-state index in [0.717, 1.165) is 28.0 Å². The van der Waals surface area contributed by atoms with Crippen LogP contribution in [-0.2, 0) is 10.0 Å². The van der Waals surface area contributed by atoms with Crippen LogP contribution in [0.5, 0.6) is 0 Å². The molecule has 1 aliphatic rings. The zero-order chi connectivity index (χ0) is 14.2. The zero-order valence-electron chi connectivity index (χ0n) is 10.2. The Hall–Kier alpha value is -1.19. The smallest absolute Gasteiger partial charge is 0.272 e. The van der Waals surface area contributed by atoms with Crippen molar-refractivity contribution in [3.8, 4) is 0 Å². The molecule has 0 saturated heterocycles. The SMILES string of the molecule is O=S(=O)(Nc1ccc(NC2CC2)nn1)c1ccc(Br)s1. The molecule has 1 fully saturated rings. The van der Waals surface area contributed by atoms with Crippen molar-refractivity contribution >= 4 is 48.9 Å². The summed E-state index contributed by atoms with van der Waals surface area (Å²) in [7, 11) is -3.60. The molecule has 0 radical (unpaired) electrons. The van der Waals surface area contributed by atoms with Gasteiger partial charge < -0.3 is 5.32 Å². The number of nitrogens with one attached hydrogen (secondary N) is 2. The third kappa shape index (κ3) is 3.28. The van der Waals surface area contributed by atoms with E-state index in [-0.39, 0.29) is 10.0 Å². The van der Waals surface area contributed by atoms with Crippen LogP contribution in [0.1, 0.15) is 12.8 Å². The van der Waals surface area contributed by atoms with Crippen molar-refractivity contribution in [2.75, 3.05) is 10.0 Å². The summed E-state index contributed by atoms with van der Waals surface area (Å²) in [5, 5.41) is 11.0. The molecule has 2 aromatic rings. The molecule has 2 aromatic heterocycles. The number of hydrogen-bond acceptors (Lipinski definition) is 6. The van der Waals surface area contributed by atoms with Crippen molar-refractivity contribution in [3.63, 3.8) is 0 Å². The summed E-state index contributed by atoms with van der Waals surface area (Å²) in [4.78, 5) is 0. The lowest BCUT2D eigenvalue weighted by molar-refractivity contribution is 0.603. The Morgan fingerprint density at radius 1 is 1.15 bits per heavy atom. The van der Waals surface area contributed by atoms with Gasteiger partial charge >= 0.3 is 0 Å². The Labute approximate surface area is 128 Å².